The van der Waals surface area contributed by atoms with Crippen LogP contribution in [0.3, 0.4) is 0 Å². The van der Waals surface area contributed by atoms with Crippen molar-refractivity contribution in [2.24, 2.45) is 0 Å². The number of benzene rings is 1. The molecule has 0 aliphatic heterocycles. The van der Waals surface area contributed by atoms with Crippen LogP contribution in [0.1, 0.15) is 37.2 Å². The summed E-state index contributed by atoms with van der Waals surface area (Å²) in [6, 6.07) is 4.19. The van der Waals surface area contributed by atoms with Gasteiger partial charge in [-0.05, 0) is 55.4 Å². The topological polar surface area (TPSA) is 29.5 Å². The van der Waals surface area contributed by atoms with E-state index < -0.39 is 6.36 Å². The van der Waals surface area contributed by atoms with E-state index in [1.54, 1.807) is 6.07 Å². The summed E-state index contributed by atoms with van der Waals surface area (Å²) >= 11 is 5.83. The number of aliphatic hydroxyl groups is 1. The van der Waals surface area contributed by atoms with Gasteiger partial charge in [0.1, 0.15) is 5.75 Å². The Morgan fingerprint density at radius 2 is 1.74 bits per heavy atom. The van der Waals surface area contributed by atoms with Gasteiger partial charge in [0.25, 0.3) is 0 Å². The van der Waals surface area contributed by atoms with E-state index in [1.807, 2.05) is 0 Å². The first-order chi connectivity index (χ1) is 8.83. The first-order valence-corrected chi connectivity index (χ1v) is 6.45. The van der Waals surface area contributed by atoms with Gasteiger partial charge in [-0.15, -0.1) is 13.2 Å². The van der Waals surface area contributed by atoms with Crippen molar-refractivity contribution in [3.8, 4) is 5.75 Å². The maximum atomic E-state index is 12.2. The van der Waals surface area contributed by atoms with E-state index in [4.69, 9.17) is 11.6 Å². The minimum atomic E-state index is -4.72. The van der Waals surface area contributed by atoms with Gasteiger partial charge < -0.3 is 9.84 Å². The monoisotopic (exact) mass is 294 g/mol. The SMILES string of the molecule is O[C@H]1CC[C@H](c2cc(Cl)cc(OC(F)(F)F)c2)CC1. The largest absolute Gasteiger partial charge is 0.573 e. The summed E-state index contributed by atoms with van der Waals surface area (Å²) in [4.78, 5) is 0. The highest BCUT2D eigenvalue weighted by Crippen LogP contribution is 2.36. The number of alkyl halides is 3. The summed E-state index contributed by atoms with van der Waals surface area (Å²) < 4.78 is 40.5. The first kappa shape index (κ1) is 14.5. The third-order valence-electron chi connectivity index (χ3n) is 3.30. The average molecular weight is 295 g/mol. The van der Waals surface area contributed by atoms with Gasteiger partial charge in [-0.1, -0.05) is 11.6 Å². The molecule has 106 valence electrons. The highest BCUT2D eigenvalue weighted by atomic mass is 35.5. The second-order valence-electron chi connectivity index (χ2n) is 4.77. The molecule has 1 saturated carbocycles. The fourth-order valence-electron chi connectivity index (χ4n) is 2.42. The van der Waals surface area contributed by atoms with Gasteiger partial charge in [0.05, 0.1) is 6.10 Å². The number of aliphatic hydroxyl groups excluding tert-OH is 1. The van der Waals surface area contributed by atoms with Crippen LogP contribution in [0.25, 0.3) is 0 Å². The van der Waals surface area contributed by atoms with Gasteiger partial charge in [0.15, 0.2) is 0 Å². The Labute approximate surface area is 114 Å². The average Bonchev–Trinajstić information content (AvgIpc) is 2.26. The molecule has 0 spiro atoms. The number of hydrogen-bond donors (Lipinski definition) is 1. The second-order valence-corrected chi connectivity index (χ2v) is 5.21. The zero-order valence-electron chi connectivity index (χ0n) is 10.1. The maximum Gasteiger partial charge on any atom is 0.573 e. The Hall–Kier alpha value is -0.940. The molecule has 0 unspecified atom stereocenters. The van der Waals surface area contributed by atoms with Crippen molar-refractivity contribution in [2.75, 3.05) is 0 Å². The lowest BCUT2D eigenvalue weighted by Gasteiger charge is -2.26. The van der Waals surface area contributed by atoms with Gasteiger partial charge in [0.2, 0.25) is 0 Å². The molecule has 0 radical (unpaired) electrons. The molecule has 0 bridgehead atoms. The predicted molar refractivity (Wildman–Crippen MR) is 65.4 cm³/mol. The second kappa shape index (κ2) is 5.59. The standard InChI is InChI=1S/C13H14ClF3O2/c14-10-5-9(8-1-3-11(18)4-2-8)6-12(7-10)19-13(15,16)17/h5-8,11,18H,1-4H2/t8-,11-. The van der Waals surface area contributed by atoms with Crippen LogP contribution >= 0.6 is 11.6 Å². The van der Waals surface area contributed by atoms with Crippen molar-refractivity contribution in [3.05, 3.63) is 28.8 Å². The zero-order valence-corrected chi connectivity index (χ0v) is 10.8. The Morgan fingerprint density at radius 3 is 2.32 bits per heavy atom. The molecular formula is C13H14ClF3O2. The molecule has 0 heterocycles. The predicted octanol–water partition coefficient (Wildman–Crippen LogP) is 4.26. The van der Waals surface area contributed by atoms with Crippen molar-refractivity contribution >= 4 is 11.6 Å². The van der Waals surface area contributed by atoms with Gasteiger partial charge in [0, 0.05) is 5.02 Å². The molecule has 1 N–H and O–H groups in total. The quantitative estimate of drug-likeness (QED) is 0.883. The fraction of sp³-hybridized carbons (Fsp3) is 0.538. The number of halogens is 4. The Kier molecular flexibility index (Phi) is 4.26. The summed E-state index contributed by atoms with van der Waals surface area (Å²) in [6.45, 7) is 0. The van der Waals surface area contributed by atoms with E-state index in [0.29, 0.717) is 12.8 Å². The van der Waals surface area contributed by atoms with E-state index >= 15 is 0 Å². The van der Waals surface area contributed by atoms with Crippen LogP contribution in [0, 0.1) is 0 Å². The molecule has 1 aromatic rings. The molecule has 19 heavy (non-hydrogen) atoms. The first-order valence-electron chi connectivity index (χ1n) is 6.08. The van der Waals surface area contributed by atoms with Gasteiger partial charge in [-0.2, -0.15) is 0 Å². The molecule has 0 amide bonds. The number of ether oxygens (including phenoxy) is 1. The molecule has 2 rings (SSSR count). The Balaban J connectivity index is 2.17. The highest BCUT2D eigenvalue weighted by Gasteiger charge is 2.31. The normalized spacial score (nSPS) is 24.3. The van der Waals surface area contributed by atoms with E-state index in [1.165, 1.54) is 6.07 Å². The summed E-state index contributed by atoms with van der Waals surface area (Å²) in [6.07, 6.45) is -2.22. The lowest BCUT2D eigenvalue weighted by atomic mass is 9.83. The highest BCUT2D eigenvalue weighted by molar-refractivity contribution is 6.30. The number of rotatable bonds is 2. The molecule has 1 fully saturated rings. The van der Waals surface area contributed by atoms with E-state index in [9.17, 15) is 18.3 Å². The van der Waals surface area contributed by atoms with Crippen molar-refractivity contribution in [2.45, 2.75) is 44.1 Å². The van der Waals surface area contributed by atoms with Gasteiger partial charge in [-0.25, -0.2) is 0 Å². The van der Waals surface area contributed by atoms with E-state index in [-0.39, 0.29) is 22.8 Å². The van der Waals surface area contributed by atoms with Crippen LogP contribution in [0.2, 0.25) is 5.02 Å². The van der Waals surface area contributed by atoms with Crippen molar-refractivity contribution in [1.82, 2.24) is 0 Å². The maximum absolute atomic E-state index is 12.2. The summed E-state index contributed by atoms with van der Waals surface area (Å²) in [5, 5.41) is 9.66. The van der Waals surface area contributed by atoms with Gasteiger partial charge >= 0.3 is 6.36 Å². The Morgan fingerprint density at radius 1 is 1.11 bits per heavy atom. The summed E-state index contributed by atoms with van der Waals surface area (Å²) in [7, 11) is 0. The minimum Gasteiger partial charge on any atom is -0.406 e. The third-order valence-corrected chi connectivity index (χ3v) is 3.51. The Bertz CT molecular complexity index is 440. The number of hydrogen-bond acceptors (Lipinski definition) is 2. The molecule has 0 aromatic heterocycles. The van der Waals surface area contributed by atoms with E-state index in [0.717, 1.165) is 24.5 Å². The molecule has 0 atom stereocenters. The smallest absolute Gasteiger partial charge is 0.406 e. The summed E-state index contributed by atoms with van der Waals surface area (Å²) in [5.41, 5.74) is 0.735. The van der Waals surface area contributed by atoms with Crippen LogP contribution in [0.4, 0.5) is 13.2 Å². The lowest BCUT2D eigenvalue weighted by Crippen LogP contribution is -2.18. The molecule has 6 heteroatoms. The van der Waals surface area contributed by atoms with Crippen molar-refractivity contribution in [3.63, 3.8) is 0 Å². The van der Waals surface area contributed by atoms with Crippen LogP contribution in [-0.4, -0.2) is 17.6 Å². The molecular weight excluding hydrogens is 281 g/mol. The molecule has 0 saturated heterocycles. The molecule has 1 aliphatic carbocycles. The third kappa shape index (κ3) is 4.28. The van der Waals surface area contributed by atoms with Gasteiger partial charge in [-0.3, -0.25) is 0 Å². The summed E-state index contributed by atoms with van der Waals surface area (Å²) in [5.74, 6) is -0.168. The minimum absolute atomic E-state index is 0.123. The van der Waals surface area contributed by atoms with Crippen molar-refractivity contribution in [1.29, 1.82) is 0 Å². The van der Waals surface area contributed by atoms with Crippen molar-refractivity contribution < 1.29 is 23.0 Å². The van der Waals surface area contributed by atoms with E-state index in [2.05, 4.69) is 4.74 Å². The molecule has 1 aliphatic rings. The zero-order chi connectivity index (χ0) is 14.0. The molecule has 2 nitrogen and oxygen atoms in total. The van der Waals surface area contributed by atoms with Crippen LogP contribution in [0.5, 0.6) is 5.75 Å². The lowest BCUT2D eigenvalue weighted by molar-refractivity contribution is -0.274. The molecule has 1 aromatic carbocycles. The van der Waals surface area contributed by atoms with Crippen LogP contribution < -0.4 is 4.74 Å². The van der Waals surface area contributed by atoms with Crippen LogP contribution in [0.15, 0.2) is 18.2 Å². The fourth-order valence-corrected chi connectivity index (χ4v) is 2.66. The van der Waals surface area contributed by atoms with Crippen LogP contribution in [-0.2, 0) is 0 Å².